The number of para-hydroxylation sites is 1. The summed E-state index contributed by atoms with van der Waals surface area (Å²) in [5, 5.41) is 13.2. The van der Waals surface area contributed by atoms with Gasteiger partial charge >= 0.3 is 0 Å². The molecule has 3 amide bonds. The molecule has 7 nitrogen and oxygen atoms in total. The van der Waals surface area contributed by atoms with Gasteiger partial charge in [-0.3, -0.25) is 19.3 Å². The van der Waals surface area contributed by atoms with E-state index in [9.17, 15) is 23.9 Å². The molecule has 3 aromatic rings. The Morgan fingerprint density at radius 2 is 1.86 bits per heavy atom. The fourth-order valence-electron chi connectivity index (χ4n) is 4.39. The minimum absolute atomic E-state index is 0.0457. The number of halogens is 2. The van der Waals surface area contributed by atoms with E-state index in [1.165, 1.54) is 46.3 Å². The molecule has 9 heteroatoms. The largest absolute Gasteiger partial charge is 0.386 e. The second-order valence-corrected chi connectivity index (χ2v) is 9.07. The van der Waals surface area contributed by atoms with Crippen molar-refractivity contribution in [1.82, 2.24) is 4.90 Å². The van der Waals surface area contributed by atoms with E-state index in [0.717, 1.165) is 11.6 Å². The molecular formula is C27H21ClFN3O4. The lowest BCUT2D eigenvalue weighted by Gasteiger charge is -2.21. The highest BCUT2D eigenvalue weighted by molar-refractivity contribution is 6.35. The minimum atomic E-state index is -1.01. The normalized spacial score (nSPS) is 16.7. The van der Waals surface area contributed by atoms with Gasteiger partial charge in [0.25, 0.3) is 11.8 Å². The molecule has 2 aliphatic rings. The van der Waals surface area contributed by atoms with E-state index >= 15 is 0 Å². The molecule has 0 bridgehead atoms. The molecule has 0 aliphatic carbocycles. The number of carbonyl (C=O) groups excluding carboxylic acids is 3. The molecule has 1 saturated heterocycles. The average Bonchev–Trinajstić information content (AvgIpc) is 3.01. The van der Waals surface area contributed by atoms with Gasteiger partial charge in [0.1, 0.15) is 11.9 Å². The van der Waals surface area contributed by atoms with Crippen LogP contribution in [-0.4, -0.2) is 33.8 Å². The molecule has 0 saturated carbocycles. The summed E-state index contributed by atoms with van der Waals surface area (Å²) in [5.41, 5.74) is 2.95. The maximum atomic E-state index is 13.6. The van der Waals surface area contributed by atoms with Crippen LogP contribution < -0.4 is 10.2 Å². The number of nitrogens with one attached hydrogen (secondary N) is 1. The van der Waals surface area contributed by atoms with Crippen molar-refractivity contribution in [3.05, 3.63) is 106 Å². The molecule has 0 radical (unpaired) electrons. The maximum Gasteiger partial charge on any atom is 0.263 e. The van der Waals surface area contributed by atoms with Crippen LogP contribution in [0.1, 0.15) is 38.3 Å². The van der Waals surface area contributed by atoms with Crippen molar-refractivity contribution in [2.75, 3.05) is 10.2 Å². The zero-order valence-electron chi connectivity index (χ0n) is 19.2. The van der Waals surface area contributed by atoms with Gasteiger partial charge in [-0.05, 0) is 54.4 Å². The minimum Gasteiger partial charge on any atom is -0.386 e. The van der Waals surface area contributed by atoms with E-state index in [-0.39, 0.29) is 35.0 Å². The molecule has 1 fully saturated rings. The Bertz CT molecular complexity index is 1450. The highest BCUT2D eigenvalue weighted by Gasteiger charge is 2.38. The number of hydrogen-bond acceptors (Lipinski definition) is 4. The van der Waals surface area contributed by atoms with Crippen molar-refractivity contribution in [3.8, 4) is 0 Å². The van der Waals surface area contributed by atoms with Crippen LogP contribution in [0, 0.1) is 12.7 Å². The Balaban J connectivity index is 1.46. The van der Waals surface area contributed by atoms with Gasteiger partial charge in [0.2, 0.25) is 5.91 Å². The summed E-state index contributed by atoms with van der Waals surface area (Å²) >= 11 is 6.47. The van der Waals surface area contributed by atoms with Gasteiger partial charge in [0.05, 0.1) is 34.9 Å². The number of aryl methyl sites for hydroxylation is 1. The van der Waals surface area contributed by atoms with Gasteiger partial charge in [-0.1, -0.05) is 35.9 Å². The summed E-state index contributed by atoms with van der Waals surface area (Å²) in [6.07, 6.45) is 0.416. The smallest absolute Gasteiger partial charge is 0.263 e. The number of aliphatic hydroxyl groups is 1. The molecule has 0 spiro atoms. The van der Waals surface area contributed by atoms with Crippen LogP contribution in [0.3, 0.4) is 0 Å². The zero-order valence-corrected chi connectivity index (χ0v) is 19.9. The number of carbonyl (C=O) groups is 3. The molecule has 1 atom stereocenters. The van der Waals surface area contributed by atoms with Gasteiger partial charge in [-0.15, -0.1) is 0 Å². The van der Waals surface area contributed by atoms with E-state index in [0.29, 0.717) is 22.6 Å². The second-order valence-electron chi connectivity index (χ2n) is 8.67. The first kappa shape index (κ1) is 23.7. The summed E-state index contributed by atoms with van der Waals surface area (Å²) in [6.45, 7) is 1.94. The molecule has 2 heterocycles. The summed E-state index contributed by atoms with van der Waals surface area (Å²) in [7, 11) is 0. The van der Waals surface area contributed by atoms with Crippen LogP contribution in [0.2, 0.25) is 5.02 Å². The van der Waals surface area contributed by atoms with Crippen molar-refractivity contribution >= 4 is 40.7 Å². The summed E-state index contributed by atoms with van der Waals surface area (Å²) in [6, 6.07) is 15.6. The quantitative estimate of drug-likeness (QED) is 0.543. The highest BCUT2D eigenvalue weighted by Crippen LogP contribution is 2.35. The molecule has 1 unspecified atom stereocenters. The predicted molar refractivity (Wildman–Crippen MR) is 133 cm³/mol. The third kappa shape index (κ3) is 4.25. The van der Waals surface area contributed by atoms with Crippen molar-refractivity contribution in [2.24, 2.45) is 0 Å². The van der Waals surface area contributed by atoms with E-state index in [1.807, 2.05) is 12.1 Å². The third-order valence-electron chi connectivity index (χ3n) is 6.28. The molecule has 36 heavy (non-hydrogen) atoms. The van der Waals surface area contributed by atoms with Crippen LogP contribution in [0.4, 0.5) is 15.8 Å². The van der Waals surface area contributed by atoms with Gasteiger partial charge in [-0.25, -0.2) is 4.39 Å². The van der Waals surface area contributed by atoms with Crippen LogP contribution in [0.15, 0.2) is 72.6 Å². The first-order valence-corrected chi connectivity index (χ1v) is 11.6. The van der Waals surface area contributed by atoms with Crippen molar-refractivity contribution < 1.29 is 23.9 Å². The number of rotatable bonds is 3. The number of benzene rings is 3. The summed E-state index contributed by atoms with van der Waals surface area (Å²) < 4.78 is 13.6. The molecule has 5 rings (SSSR count). The van der Waals surface area contributed by atoms with Gasteiger partial charge < -0.3 is 15.3 Å². The highest BCUT2D eigenvalue weighted by atomic mass is 35.5. The molecule has 2 N–H and O–H groups in total. The van der Waals surface area contributed by atoms with Crippen LogP contribution in [0.5, 0.6) is 0 Å². The summed E-state index contributed by atoms with van der Waals surface area (Å²) in [4.78, 5) is 41.5. The molecule has 0 aromatic heterocycles. The maximum absolute atomic E-state index is 13.6. The SMILES string of the molecule is Cc1ccc(F)cc1C(=O)Nc1ccc(C(=O)N2C=C3C(O)CC(=O)N3Cc3ccccc32)c(Cl)c1. The lowest BCUT2D eigenvalue weighted by Crippen LogP contribution is -2.27. The first-order chi connectivity index (χ1) is 17.2. The average molecular weight is 506 g/mol. The van der Waals surface area contributed by atoms with Crippen molar-refractivity contribution in [1.29, 1.82) is 0 Å². The Morgan fingerprint density at radius 3 is 2.64 bits per heavy atom. The standard InChI is InChI=1S/C27H21ClFN3O4/c1-15-6-7-17(29)10-20(15)26(35)30-18-8-9-19(21(28)11-18)27(36)32-14-23-24(33)12-25(34)31(23)13-16-4-2-3-5-22(16)32/h2-11,14,24,33H,12-13H2,1H3,(H,30,35). The fraction of sp³-hybridized carbons (Fsp3) is 0.148. The van der Waals surface area contributed by atoms with Crippen LogP contribution in [-0.2, 0) is 11.3 Å². The number of anilines is 2. The van der Waals surface area contributed by atoms with Crippen molar-refractivity contribution in [3.63, 3.8) is 0 Å². The topological polar surface area (TPSA) is 90.0 Å². The molecule has 2 aliphatic heterocycles. The van der Waals surface area contributed by atoms with E-state index in [4.69, 9.17) is 11.6 Å². The number of aliphatic hydroxyl groups excluding tert-OH is 1. The predicted octanol–water partition coefficient (Wildman–Crippen LogP) is 4.63. The van der Waals surface area contributed by atoms with E-state index in [2.05, 4.69) is 5.32 Å². The number of hydrogen-bond donors (Lipinski definition) is 2. The number of fused-ring (bicyclic) bond motifs is 2. The summed E-state index contributed by atoms with van der Waals surface area (Å²) in [5.74, 6) is -1.71. The Hall–Kier alpha value is -4.01. The lowest BCUT2D eigenvalue weighted by molar-refractivity contribution is -0.127. The molecular weight excluding hydrogens is 485 g/mol. The first-order valence-electron chi connectivity index (χ1n) is 11.2. The lowest BCUT2D eigenvalue weighted by atomic mass is 10.1. The monoisotopic (exact) mass is 505 g/mol. The van der Waals surface area contributed by atoms with Crippen LogP contribution in [0.25, 0.3) is 0 Å². The fourth-order valence-corrected chi connectivity index (χ4v) is 4.65. The van der Waals surface area contributed by atoms with Crippen molar-refractivity contribution in [2.45, 2.75) is 26.0 Å². The van der Waals surface area contributed by atoms with Crippen LogP contribution >= 0.6 is 11.6 Å². The van der Waals surface area contributed by atoms with E-state index < -0.39 is 23.7 Å². The Kier molecular flexibility index (Phi) is 6.07. The van der Waals surface area contributed by atoms with E-state index in [1.54, 1.807) is 19.1 Å². The van der Waals surface area contributed by atoms with Gasteiger partial charge in [-0.2, -0.15) is 0 Å². The Morgan fingerprint density at radius 1 is 1.08 bits per heavy atom. The van der Waals surface area contributed by atoms with Gasteiger partial charge in [0, 0.05) is 17.5 Å². The van der Waals surface area contributed by atoms with Gasteiger partial charge in [0.15, 0.2) is 0 Å². The Labute approximate surface area is 211 Å². The zero-order chi connectivity index (χ0) is 25.6. The second kappa shape index (κ2) is 9.22. The molecule has 182 valence electrons. The number of nitrogens with zero attached hydrogens (tertiary/aromatic N) is 2. The number of amides is 3. The molecule has 3 aromatic carbocycles. The third-order valence-corrected chi connectivity index (χ3v) is 6.60.